The van der Waals surface area contributed by atoms with E-state index in [4.69, 9.17) is 0 Å². The maximum Gasteiger partial charge on any atom is 0.306 e. The number of carbonyl (C=O) groups excluding carboxylic acids is 1. The maximum atomic E-state index is 12.7. The molecule has 0 bridgehead atoms. The molecule has 0 saturated carbocycles. The number of benzene rings is 1. The van der Waals surface area contributed by atoms with Crippen LogP contribution in [0.5, 0.6) is 0 Å². The quantitative estimate of drug-likeness (QED) is 0.437. The molecule has 0 aliphatic heterocycles. The SMILES string of the molecule is O=CNc1ccc(F)c([N+](=O)[O-])c1. The molecule has 0 aliphatic rings. The van der Waals surface area contributed by atoms with Gasteiger partial charge in [-0.05, 0) is 12.1 Å². The highest BCUT2D eigenvalue weighted by atomic mass is 19.1. The molecule has 0 aromatic heterocycles. The Balaban J connectivity index is 3.10. The molecule has 0 radical (unpaired) electrons. The molecule has 1 aromatic rings. The van der Waals surface area contributed by atoms with Crippen LogP contribution in [0.15, 0.2) is 18.2 Å². The van der Waals surface area contributed by atoms with E-state index >= 15 is 0 Å². The summed E-state index contributed by atoms with van der Waals surface area (Å²) in [5.41, 5.74) is -0.477. The first-order chi connectivity index (χ1) is 6.15. The van der Waals surface area contributed by atoms with Crippen LogP contribution in [0.3, 0.4) is 0 Å². The van der Waals surface area contributed by atoms with Crippen LogP contribution in [-0.4, -0.2) is 11.3 Å². The number of nitro benzene ring substituents is 1. The number of rotatable bonds is 3. The fourth-order valence-electron chi connectivity index (χ4n) is 0.810. The molecule has 13 heavy (non-hydrogen) atoms. The Morgan fingerprint density at radius 1 is 1.54 bits per heavy atom. The van der Waals surface area contributed by atoms with Gasteiger partial charge in [0, 0.05) is 11.8 Å². The summed E-state index contributed by atoms with van der Waals surface area (Å²) in [5.74, 6) is -0.929. The number of amides is 1. The minimum absolute atomic E-state index is 0.183. The van der Waals surface area contributed by atoms with Crippen LogP contribution in [0.25, 0.3) is 0 Å². The number of nitrogens with one attached hydrogen (secondary N) is 1. The van der Waals surface area contributed by atoms with Crippen molar-refractivity contribution >= 4 is 17.8 Å². The third-order valence-electron chi connectivity index (χ3n) is 1.37. The Kier molecular flexibility index (Phi) is 2.53. The molecule has 1 aromatic carbocycles. The van der Waals surface area contributed by atoms with Gasteiger partial charge in [-0.3, -0.25) is 14.9 Å². The van der Waals surface area contributed by atoms with E-state index in [9.17, 15) is 19.3 Å². The third kappa shape index (κ3) is 1.98. The summed E-state index contributed by atoms with van der Waals surface area (Å²) in [6.45, 7) is 0. The van der Waals surface area contributed by atoms with E-state index in [2.05, 4.69) is 5.32 Å². The summed E-state index contributed by atoms with van der Waals surface area (Å²) < 4.78 is 12.7. The number of halogens is 1. The van der Waals surface area contributed by atoms with Crippen molar-refractivity contribution in [3.63, 3.8) is 0 Å². The van der Waals surface area contributed by atoms with Crippen LogP contribution in [0.1, 0.15) is 0 Å². The van der Waals surface area contributed by atoms with Crippen LogP contribution in [0.2, 0.25) is 0 Å². The largest absolute Gasteiger partial charge is 0.328 e. The first-order valence-electron chi connectivity index (χ1n) is 3.29. The van der Waals surface area contributed by atoms with Gasteiger partial charge in [0.25, 0.3) is 0 Å². The summed E-state index contributed by atoms with van der Waals surface area (Å²) in [7, 11) is 0. The standard InChI is InChI=1S/C7H5FN2O3/c8-6-2-1-5(9-4-11)3-7(6)10(12)13/h1-4H,(H,9,11). The van der Waals surface area contributed by atoms with Gasteiger partial charge < -0.3 is 5.32 Å². The van der Waals surface area contributed by atoms with Crippen molar-refractivity contribution in [2.45, 2.75) is 0 Å². The summed E-state index contributed by atoms with van der Waals surface area (Å²) in [5, 5.41) is 12.4. The molecular formula is C7H5FN2O3. The Hall–Kier alpha value is -1.98. The van der Waals surface area contributed by atoms with Gasteiger partial charge in [0.15, 0.2) is 0 Å². The molecule has 0 unspecified atom stereocenters. The zero-order valence-electron chi connectivity index (χ0n) is 6.36. The van der Waals surface area contributed by atoms with Gasteiger partial charge in [0.1, 0.15) is 0 Å². The molecule has 5 nitrogen and oxygen atoms in total. The number of hydrogen-bond donors (Lipinski definition) is 1. The first-order valence-corrected chi connectivity index (χ1v) is 3.29. The Labute approximate surface area is 72.3 Å². The second kappa shape index (κ2) is 3.61. The topological polar surface area (TPSA) is 72.2 Å². The zero-order chi connectivity index (χ0) is 9.84. The number of carbonyl (C=O) groups is 1. The van der Waals surface area contributed by atoms with Crippen LogP contribution >= 0.6 is 0 Å². The van der Waals surface area contributed by atoms with Crippen molar-refractivity contribution in [1.82, 2.24) is 0 Å². The van der Waals surface area contributed by atoms with Gasteiger partial charge in [0.05, 0.1) is 4.92 Å². The number of nitro groups is 1. The number of hydrogen-bond acceptors (Lipinski definition) is 3. The molecule has 6 heteroatoms. The van der Waals surface area contributed by atoms with Crippen LogP contribution in [0, 0.1) is 15.9 Å². The summed E-state index contributed by atoms with van der Waals surface area (Å²) in [6.07, 6.45) is 0.358. The van der Waals surface area contributed by atoms with Gasteiger partial charge >= 0.3 is 5.69 Å². The fourth-order valence-corrected chi connectivity index (χ4v) is 0.810. The zero-order valence-corrected chi connectivity index (χ0v) is 6.36. The van der Waals surface area contributed by atoms with E-state index in [0.717, 1.165) is 12.1 Å². The van der Waals surface area contributed by atoms with E-state index in [0.29, 0.717) is 6.41 Å². The Morgan fingerprint density at radius 2 is 2.23 bits per heavy atom. The lowest BCUT2D eigenvalue weighted by molar-refractivity contribution is -0.387. The average molecular weight is 184 g/mol. The van der Waals surface area contributed by atoms with Gasteiger partial charge in [0.2, 0.25) is 12.2 Å². The van der Waals surface area contributed by atoms with Crippen molar-refractivity contribution in [3.05, 3.63) is 34.1 Å². The van der Waals surface area contributed by atoms with Crippen molar-refractivity contribution in [2.75, 3.05) is 5.32 Å². The van der Waals surface area contributed by atoms with Gasteiger partial charge in [-0.1, -0.05) is 0 Å². The normalized spacial score (nSPS) is 9.31. The van der Waals surface area contributed by atoms with Gasteiger partial charge in [-0.15, -0.1) is 0 Å². The van der Waals surface area contributed by atoms with Crippen LogP contribution < -0.4 is 5.32 Å². The Bertz CT molecular complexity index is 354. The summed E-state index contributed by atoms with van der Waals surface area (Å²) >= 11 is 0. The third-order valence-corrected chi connectivity index (χ3v) is 1.37. The molecule has 68 valence electrons. The van der Waals surface area contributed by atoms with E-state index in [-0.39, 0.29) is 5.69 Å². The van der Waals surface area contributed by atoms with Gasteiger partial charge in [-0.25, -0.2) is 0 Å². The number of anilines is 1. The Morgan fingerprint density at radius 3 is 2.77 bits per heavy atom. The molecule has 0 heterocycles. The van der Waals surface area contributed by atoms with Crippen LogP contribution in [0.4, 0.5) is 15.8 Å². The van der Waals surface area contributed by atoms with Crippen LogP contribution in [-0.2, 0) is 4.79 Å². The maximum absolute atomic E-state index is 12.7. The second-order valence-electron chi connectivity index (χ2n) is 2.19. The molecule has 1 rings (SSSR count). The van der Waals surface area contributed by atoms with Gasteiger partial charge in [-0.2, -0.15) is 4.39 Å². The highest BCUT2D eigenvalue weighted by molar-refractivity contribution is 5.72. The molecular weight excluding hydrogens is 179 g/mol. The molecule has 0 fully saturated rings. The lowest BCUT2D eigenvalue weighted by Crippen LogP contribution is -1.97. The number of nitrogens with zero attached hydrogens (tertiary/aromatic N) is 1. The smallest absolute Gasteiger partial charge is 0.306 e. The molecule has 1 amide bonds. The molecule has 0 saturated heterocycles. The molecule has 0 spiro atoms. The van der Waals surface area contributed by atoms with Crippen molar-refractivity contribution in [3.8, 4) is 0 Å². The van der Waals surface area contributed by atoms with E-state index in [1.807, 2.05) is 0 Å². The van der Waals surface area contributed by atoms with E-state index in [1.54, 1.807) is 0 Å². The predicted octanol–water partition coefficient (Wildman–Crippen LogP) is 1.30. The predicted molar refractivity (Wildman–Crippen MR) is 42.7 cm³/mol. The second-order valence-corrected chi connectivity index (χ2v) is 2.19. The van der Waals surface area contributed by atoms with E-state index in [1.165, 1.54) is 6.07 Å². The summed E-state index contributed by atoms with van der Waals surface area (Å²) in [4.78, 5) is 19.3. The van der Waals surface area contributed by atoms with E-state index < -0.39 is 16.4 Å². The molecule has 0 aliphatic carbocycles. The first kappa shape index (κ1) is 9.11. The lowest BCUT2D eigenvalue weighted by Gasteiger charge is -1.98. The monoisotopic (exact) mass is 184 g/mol. The van der Waals surface area contributed by atoms with Crippen molar-refractivity contribution in [1.29, 1.82) is 0 Å². The molecule has 1 N–H and O–H groups in total. The highest BCUT2D eigenvalue weighted by Gasteiger charge is 2.13. The van der Waals surface area contributed by atoms with Crippen molar-refractivity contribution < 1.29 is 14.1 Å². The fraction of sp³-hybridized carbons (Fsp3) is 0. The highest BCUT2D eigenvalue weighted by Crippen LogP contribution is 2.20. The molecule has 0 atom stereocenters. The lowest BCUT2D eigenvalue weighted by atomic mass is 10.3. The average Bonchev–Trinajstić information content (AvgIpc) is 2.08. The summed E-state index contributed by atoms with van der Waals surface area (Å²) in [6, 6.07) is 3.10. The minimum Gasteiger partial charge on any atom is -0.328 e. The minimum atomic E-state index is -0.929. The van der Waals surface area contributed by atoms with Crippen molar-refractivity contribution in [2.24, 2.45) is 0 Å².